The first-order chi connectivity index (χ1) is 19.1. The van der Waals surface area contributed by atoms with Crippen LogP contribution in [0.3, 0.4) is 0 Å². The minimum atomic E-state index is -0.985. The monoisotopic (exact) mass is 533 g/mol. The van der Waals surface area contributed by atoms with Gasteiger partial charge in [0, 0.05) is 30.0 Å². The molecule has 39 heavy (non-hydrogen) atoms. The van der Waals surface area contributed by atoms with Crippen LogP contribution in [0.25, 0.3) is 33.1 Å². The Labute approximate surface area is 228 Å². The van der Waals surface area contributed by atoms with E-state index in [1.807, 2.05) is 83.4 Å². The second-order valence-corrected chi connectivity index (χ2v) is 10.1. The largest absolute Gasteiger partial charge is 0.493 e. The van der Waals surface area contributed by atoms with Crippen molar-refractivity contribution in [2.75, 3.05) is 6.61 Å². The molecule has 0 saturated carbocycles. The summed E-state index contributed by atoms with van der Waals surface area (Å²) < 4.78 is 22.4. The second kappa shape index (κ2) is 9.56. The molecule has 0 bridgehead atoms. The standard InChI is InChI=1S/C31H23N3O4S/c35-31(36)30-29(22-7-11-28-21(15-22)12-13-37-28)24-9-8-23(38-18-19-4-2-1-3-5-19)16-27(24)34(30)17-20-6-10-25-26(14-20)33-39-32-25/h1-11,14-16H,12-13,17-18H2,(H,35,36). The summed E-state index contributed by atoms with van der Waals surface area (Å²) in [6, 6.07) is 27.6. The van der Waals surface area contributed by atoms with Gasteiger partial charge < -0.3 is 19.1 Å². The normalized spacial score (nSPS) is 12.5. The first-order valence-electron chi connectivity index (χ1n) is 12.7. The fraction of sp³-hybridized carbons (Fsp3) is 0.129. The van der Waals surface area contributed by atoms with Gasteiger partial charge in [-0.1, -0.05) is 42.5 Å². The molecular formula is C31H23N3O4S. The van der Waals surface area contributed by atoms with Gasteiger partial charge >= 0.3 is 5.97 Å². The molecule has 0 radical (unpaired) electrons. The van der Waals surface area contributed by atoms with E-state index >= 15 is 0 Å². The van der Waals surface area contributed by atoms with Crippen LogP contribution in [0.15, 0.2) is 84.9 Å². The van der Waals surface area contributed by atoms with Crippen LogP contribution in [0.5, 0.6) is 11.5 Å². The zero-order chi connectivity index (χ0) is 26.3. The summed E-state index contributed by atoms with van der Waals surface area (Å²) in [5, 5.41) is 11.4. The van der Waals surface area contributed by atoms with Gasteiger partial charge in [0.05, 0.1) is 23.9 Å². The van der Waals surface area contributed by atoms with Gasteiger partial charge in [-0.2, -0.15) is 8.75 Å². The molecule has 1 aliphatic heterocycles. The highest BCUT2D eigenvalue weighted by molar-refractivity contribution is 7.00. The Bertz CT molecular complexity index is 1860. The molecule has 2 aromatic heterocycles. The maximum absolute atomic E-state index is 12.9. The summed E-state index contributed by atoms with van der Waals surface area (Å²) in [5.41, 5.74) is 7.31. The van der Waals surface area contributed by atoms with E-state index in [4.69, 9.17) is 9.47 Å². The number of hydrogen-bond donors (Lipinski definition) is 1. The molecule has 0 aliphatic carbocycles. The fourth-order valence-electron chi connectivity index (χ4n) is 5.29. The summed E-state index contributed by atoms with van der Waals surface area (Å²) in [6.45, 7) is 1.42. The highest BCUT2D eigenvalue weighted by Gasteiger charge is 2.25. The lowest BCUT2D eigenvalue weighted by Gasteiger charge is -2.11. The van der Waals surface area contributed by atoms with Crippen LogP contribution in [0.2, 0.25) is 0 Å². The third-order valence-electron chi connectivity index (χ3n) is 7.12. The van der Waals surface area contributed by atoms with Crippen LogP contribution in [0.4, 0.5) is 0 Å². The van der Waals surface area contributed by atoms with Gasteiger partial charge in [0.2, 0.25) is 0 Å². The Balaban J connectivity index is 1.39. The molecule has 1 aliphatic rings. The maximum Gasteiger partial charge on any atom is 0.353 e. The van der Waals surface area contributed by atoms with E-state index in [9.17, 15) is 9.90 Å². The molecule has 0 amide bonds. The molecule has 0 unspecified atom stereocenters. The number of hydrogen-bond acceptors (Lipinski definition) is 6. The zero-order valence-corrected chi connectivity index (χ0v) is 21.6. The predicted molar refractivity (Wildman–Crippen MR) is 151 cm³/mol. The summed E-state index contributed by atoms with van der Waals surface area (Å²) in [5.74, 6) is 0.553. The molecule has 0 fully saturated rings. The number of carboxylic acids is 1. The molecule has 3 heterocycles. The molecule has 1 N–H and O–H groups in total. The Morgan fingerprint density at radius 3 is 2.69 bits per heavy atom. The van der Waals surface area contributed by atoms with Crippen molar-refractivity contribution in [3.8, 4) is 22.6 Å². The average Bonchev–Trinajstić information content (AvgIpc) is 3.69. The van der Waals surface area contributed by atoms with Crippen molar-refractivity contribution >= 4 is 39.6 Å². The van der Waals surface area contributed by atoms with E-state index in [-0.39, 0.29) is 5.69 Å². The van der Waals surface area contributed by atoms with Crippen molar-refractivity contribution in [3.63, 3.8) is 0 Å². The van der Waals surface area contributed by atoms with E-state index in [1.165, 1.54) is 11.7 Å². The lowest BCUT2D eigenvalue weighted by atomic mass is 9.99. The molecule has 4 aromatic carbocycles. The molecule has 0 saturated heterocycles. The minimum absolute atomic E-state index is 0.237. The number of ether oxygens (including phenoxy) is 2. The van der Waals surface area contributed by atoms with Crippen LogP contribution in [0, 0.1) is 0 Å². The Morgan fingerprint density at radius 1 is 0.949 bits per heavy atom. The van der Waals surface area contributed by atoms with Crippen LogP contribution >= 0.6 is 11.7 Å². The van der Waals surface area contributed by atoms with Crippen LogP contribution in [-0.2, 0) is 19.6 Å². The number of rotatable bonds is 7. The highest BCUT2D eigenvalue weighted by atomic mass is 32.1. The summed E-state index contributed by atoms with van der Waals surface area (Å²) in [7, 11) is 0. The number of aromatic carboxylic acids is 1. The van der Waals surface area contributed by atoms with E-state index in [0.717, 1.165) is 56.4 Å². The Kier molecular flexibility index (Phi) is 5.74. The Morgan fingerprint density at radius 2 is 1.82 bits per heavy atom. The first kappa shape index (κ1) is 23.4. The van der Waals surface area contributed by atoms with Gasteiger partial charge in [0.1, 0.15) is 34.8 Å². The molecule has 6 aromatic rings. The van der Waals surface area contributed by atoms with E-state index in [1.54, 1.807) is 0 Å². The number of aromatic nitrogens is 3. The van der Waals surface area contributed by atoms with Crippen molar-refractivity contribution in [2.45, 2.75) is 19.6 Å². The number of carbonyl (C=O) groups is 1. The molecular weight excluding hydrogens is 510 g/mol. The number of fused-ring (bicyclic) bond motifs is 3. The van der Waals surface area contributed by atoms with Crippen LogP contribution in [-0.4, -0.2) is 31.0 Å². The second-order valence-electron chi connectivity index (χ2n) is 9.58. The summed E-state index contributed by atoms with van der Waals surface area (Å²) >= 11 is 1.17. The number of nitrogens with zero attached hydrogens (tertiary/aromatic N) is 3. The van der Waals surface area contributed by atoms with Gasteiger partial charge in [-0.25, -0.2) is 4.79 Å². The third-order valence-corrected chi connectivity index (χ3v) is 7.68. The molecule has 7 nitrogen and oxygen atoms in total. The van der Waals surface area contributed by atoms with Gasteiger partial charge in [-0.05, 0) is 58.7 Å². The first-order valence-corrected chi connectivity index (χ1v) is 13.4. The molecule has 0 atom stereocenters. The fourth-order valence-corrected chi connectivity index (χ4v) is 5.81. The molecule has 7 rings (SSSR count). The van der Waals surface area contributed by atoms with Crippen molar-refractivity contribution < 1.29 is 19.4 Å². The SMILES string of the molecule is O=C(O)c1c(-c2ccc3c(c2)CCO3)c2ccc(OCc3ccccc3)cc2n1Cc1ccc2nsnc2c1. The van der Waals surface area contributed by atoms with E-state index in [0.29, 0.717) is 31.1 Å². The quantitative estimate of drug-likeness (QED) is 0.250. The van der Waals surface area contributed by atoms with E-state index in [2.05, 4.69) is 14.8 Å². The molecule has 0 spiro atoms. The molecule has 8 heteroatoms. The van der Waals surface area contributed by atoms with Gasteiger partial charge in [-0.3, -0.25) is 0 Å². The summed E-state index contributed by atoms with van der Waals surface area (Å²) in [6.07, 6.45) is 0.809. The number of carboxylic acid groups (broad SMARTS) is 1. The predicted octanol–water partition coefficient (Wildman–Crippen LogP) is 6.57. The average molecular weight is 534 g/mol. The minimum Gasteiger partial charge on any atom is -0.493 e. The van der Waals surface area contributed by atoms with Gasteiger partial charge in [0.25, 0.3) is 0 Å². The van der Waals surface area contributed by atoms with Gasteiger partial charge in [0.15, 0.2) is 0 Å². The van der Waals surface area contributed by atoms with Crippen LogP contribution < -0.4 is 9.47 Å². The van der Waals surface area contributed by atoms with Crippen molar-refractivity contribution in [1.82, 2.24) is 13.3 Å². The lowest BCUT2D eigenvalue weighted by Crippen LogP contribution is -2.10. The summed E-state index contributed by atoms with van der Waals surface area (Å²) in [4.78, 5) is 12.9. The smallest absolute Gasteiger partial charge is 0.353 e. The number of benzene rings is 4. The topological polar surface area (TPSA) is 86.5 Å². The molecule has 192 valence electrons. The zero-order valence-electron chi connectivity index (χ0n) is 20.8. The maximum atomic E-state index is 12.9. The third kappa shape index (κ3) is 4.28. The lowest BCUT2D eigenvalue weighted by molar-refractivity contribution is 0.0687. The van der Waals surface area contributed by atoms with Gasteiger partial charge in [-0.15, -0.1) is 0 Å². The van der Waals surface area contributed by atoms with Crippen LogP contribution in [0.1, 0.15) is 27.2 Å². The van der Waals surface area contributed by atoms with Crippen molar-refractivity contribution in [1.29, 1.82) is 0 Å². The van der Waals surface area contributed by atoms with Crippen molar-refractivity contribution in [3.05, 3.63) is 107 Å². The Hall–Kier alpha value is -4.69. The highest BCUT2D eigenvalue weighted by Crippen LogP contribution is 2.40. The van der Waals surface area contributed by atoms with E-state index < -0.39 is 5.97 Å². The van der Waals surface area contributed by atoms with Crippen molar-refractivity contribution in [2.24, 2.45) is 0 Å².